The molecule has 0 amide bonds. The van der Waals surface area contributed by atoms with E-state index in [9.17, 15) is 13.2 Å². The maximum absolute atomic E-state index is 11.8. The van der Waals surface area contributed by atoms with E-state index in [1.54, 1.807) is 0 Å². The van der Waals surface area contributed by atoms with Crippen LogP contribution in [0.4, 0.5) is 0 Å². The van der Waals surface area contributed by atoms with Crippen molar-refractivity contribution in [1.82, 2.24) is 13.9 Å². The molecular formula is C11H23N3O4S. The molecule has 0 radical (unpaired) electrons. The number of carbonyl (C=O) groups is 1. The Balaban J connectivity index is 2.30. The normalized spacial score (nSPS) is 16.2. The largest absolute Gasteiger partial charge is 0.481 e. The Kier molecular flexibility index (Phi) is 6.18. The minimum Gasteiger partial charge on any atom is -0.481 e. The minimum absolute atomic E-state index is 0.0230. The fourth-order valence-electron chi connectivity index (χ4n) is 1.84. The second-order valence-electron chi connectivity index (χ2n) is 4.72. The second-order valence-corrected chi connectivity index (χ2v) is 6.59. The summed E-state index contributed by atoms with van der Waals surface area (Å²) in [6.07, 6.45) is 2.19. The molecule has 0 aromatic carbocycles. The molecule has 1 rings (SSSR count). The van der Waals surface area contributed by atoms with Gasteiger partial charge in [0.15, 0.2) is 0 Å². The van der Waals surface area contributed by atoms with Crippen molar-refractivity contribution >= 4 is 16.2 Å². The van der Waals surface area contributed by atoms with Gasteiger partial charge in [-0.15, -0.1) is 0 Å². The fraction of sp³-hybridized carbons (Fsp3) is 0.909. The molecule has 1 aliphatic rings. The standard InChI is InChI=1S/C11H23N3O4S/c1-3-14(10-4-5-10)9-7-12-19(17,18)13(2)8-6-11(15)16/h10,12H,3-9H2,1-2H3,(H,15,16). The number of carboxylic acid groups (broad SMARTS) is 1. The van der Waals surface area contributed by atoms with Crippen LogP contribution < -0.4 is 4.72 Å². The van der Waals surface area contributed by atoms with E-state index in [0.717, 1.165) is 10.8 Å². The first-order valence-corrected chi connectivity index (χ1v) is 7.97. The van der Waals surface area contributed by atoms with E-state index in [1.165, 1.54) is 19.9 Å². The Labute approximate surface area is 114 Å². The smallest absolute Gasteiger partial charge is 0.304 e. The van der Waals surface area contributed by atoms with Gasteiger partial charge in [-0.3, -0.25) is 9.69 Å². The van der Waals surface area contributed by atoms with Gasteiger partial charge >= 0.3 is 5.97 Å². The van der Waals surface area contributed by atoms with Gasteiger partial charge < -0.3 is 5.11 Å². The third kappa shape index (κ3) is 5.85. The zero-order chi connectivity index (χ0) is 14.5. The zero-order valence-corrected chi connectivity index (χ0v) is 12.3. The van der Waals surface area contributed by atoms with Gasteiger partial charge in [0.05, 0.1) is 6.42 Å². The molecule has 1 saturated carbocycles. The summed E-state index contributed by atoms with van der Waals surface area (Å²) in [6.45, 7) is 4.00. The Hall–Kier alpha value is -0.700. The van der Waals surface area contributed by atoms with Gasteiger partial charge in [-0.05, 0) is 19.4 Å². The molecule has 0 atom stereocenters. The van der Waals surface area contributed by atoms with Crippen LogP contribution in [0, 0.1) is 0 Å². The fourth-order valence-corrected chi connectivity index (χ4v) is 2.74. The lowest BCUT2D eigenvalue weighted by Crippen LogP contribution is -2.43. The summed E-state index contributed by atoms with van der Waals surface area (Å²) < 4.78 is 27.1. The Bertz CT molecular complexity index is 395. The van der Waals surface area contributed by atoms with Gasteiger partial charge in [-0.1, -0.05) is 6.92 Å². The number of carboxylic acids is 1. The van der Waals surface area contributed by atoms with E-state index >= 15 is 0 Å². The van der Waals surface area contributed by atoms with Crippen LogP contribution in [-0.2, 0) is 15.0 Å². The van der Waals surface area contributed by atoms with Gasteiger partial charge in [-0.25, -0.2) is 4.72 Å². The van der Waals surface area contributed by atoms with Crippen LogP contribution in [0.25, 0.3) is 0 Å². The molecule has 0 saturated heterocycles. The van der Waals surface area contributed by atoms with Crippen LogP contribution >= 0.6 is 0 Å². The highest BCUT2D eigenvalue weighted by Crippen LogP contribution is 2.25. The Morgan fingerprint density at radius 1 is 1.37 bits per heavy atom. The van der Waals surface area contributed by atoms with Gasteiger partial charge in [0, 0.05) is 32.7 Å². The van der Waals surface area contributed by atoms with Crippen molar-refractivity contribution in [2.75, 3.05) is 33.2 Å². The highest BCUT2D eigenvalue weighted by Gasteiger charge is 2.27. The maximum Gasteiger partial charge on any atom is 0.304 e. The molecule has 0 spiro atoms. The molecule has 0 aromatic rings. The van der Waals surface area contributed by atoms with Crippen LogP contribution in [-0.4, -0.2) is 68.0 Å². The molecule has 1 aliphatic carbocycles. The first-order valence-electron chi connectivity index (χ1n) is 6.53. The quantitative estimate of drug-likeness (QED) is 0.578. The summed E-state index contributed by atoms with van der Waals surface area (Å²) in [5, 5.41) is 8.53. The number of rotatable bonds is 10. The lowest BCUT2D eigenvalue weighted by molar-refractivity contribution is -0.137. The number of nitrogens with zero attached hydrogens (tertiary/aromatic N) is 2. The molecule has 0 bridgehead atoms. The minimum atomic E-state index is -3.57. The molecule has 19 heavy (non-hydrogen) atoms. The highest BCUT2D eigenvalue weighted by atomic mass is 32.2. The predicted molar refractivity (Wildman–Crippen MR) is 72.1 cm³/mol. The maximum atomic E-state index is 11.8. The molecule has 7 nitrogen and oxygen atoms in total. The monoisotopic (exact) mass is 293 g/mol. The number of hydrogen-bond donors (Lipinski definition) is 2. The predicted octanol–water partition coefficient (Wildman–Crippen LogP) is -0.288. The second kappa shape index (κ2) is 7.18. The summed E-state index contributed by atoms with van der Waals surface area (Å²) in [6, 6.07) is 0.610. The van der Waals surface area contributed by atoms with Crippen molar-refractivity contribution in [2.24, 2.45) is 0 Å². The van der Waals surface area contributed by atoms with Crippen molar-refractivity contribution < 1.29 is 18.3 Å². The van der Waals surface area contributed by atoms with Crippen molar-refractivity contribution in [3.63, 3.8) is 0 Å². The summed E-state index contributed by atoms with van der Waals surface area (Å²) in [5.41, 5.74) is 0. The molecular weight excluding hydrogens is 270 g/mol. The van der Waals surface area contributed by atoms with Gasteiger partial charge in [0.2, 0.25) is 0 Å². The van der Waals surface area contributed by atoms with E-state index in [0.29, 0.717) is 19.1 Å². The lowest BCUT2D eigenvalue weighted by Gasteiger charge is -2.21. The van der Waals surface area contributed by atoms with Gasteiger partial charge in [-0.2, -0.15) is 12.7 Å². The number of likely N-dealkylation sites (N-methyl/N-ethyl adjacent to an activating group) is 1. The van der Waals surface area contributed by atoms with Crippen molar-refractivity contribution in [3.8, 4) is 0 Å². The van der Waals surface area contributed by atoms with E-state index < -0.39 is 16.2 Å². The molecule has 0 heterocycles. The summed E-state index contributed by atoms with van der Waals surface area (Å²) in [5.74, 6) is -1.01. The summed E-state index contributed by atoms with van der Waals surface area (Å²) >= 11 is 0. The van der Waals surface area contributed by atoms with Crippen LogP contribution in [0.15, 0.2) is 0 Å². The average molecular weight is 293 g/mol. The Morgan fingerprint density at radius 2 is 2.00 bits per heavy atom. The van der Waals surface area contributed by atoms with Crippen molar-refractivity contribution in [2.45, 2.75) is 32.2 Å². The Morgan fingerprint density at radius 3 is 2.47 bits per heavy atom. The SMILES string of the molecule is CCN(CCNS(=O)(=O)N(C)CCC(=O)O)C1CC1. The molecule has 2 N–H and O–H groups in total. The van der Waals surface area contributed by atoms with E-state index in [2.05, 4.69) is 16.5 Å². The molecule has 0 aromatic heterocycles. The number of aliphatic carboxylic acids is 1. The average Bonchev–Trinajstić information content (AvgIpc) is 3.15. The summed E-state index contributed by atoms with van der Waals surface area (Å²) in [7, 11) is -2.19. The van der Waals surface area contributed by atoms with Crippen LogP contribution in [0.2, 0.25) is 0 Å². The van der Waals surface area contributed by atoms with E-state index in [4.69, 9.17) is 5.11 Å². The first-order chi connectivity index (χ1) is 8.86. The van der Waals surface area contributed by atoms with Crippen LogP contribution in [0.3, 0.4) is 0 Å². The van der Waals surface area contributed by atoms with Crippen LogP contribution in [0.5, 0.6) is 0 Å². The highest BCUT2D eigenvalue weighted by molar-refractivity contribution is 7.87. The lowest BCUT2D eigenvalue weighted by atomic mass is 10.4. The summed E-state index contributed by atoms with van der Waals surface area (Å²) in [4.78, 5) is 12.7. The third-order valence-corrected chi connectivity index (χ3v) is 4.78. The first kappa shape index (κ1) is 16.4. The molecule has 0 aliphatic heterocycles. The number of hydrogen-bond acceptors (Lipinski definition) is 4. The van der Waals surface area contributed by atoms with E-state index in [-0.39, 0.29) is 13.0 Å². The molecule has 1 fully saturated rings. The topological polar surface area (TPSA) is 90.0 Å². The van der Waals surface area contributed by atoms with Crippen molar-refractivity contribution in [3.05, 3.63) is 0 Å². The molecule has 8 heteroatoms. The molecule has 112 valence electrons. The number of nitrogens with one attached hydrogen (secondary N) is 1. The zero-order valence-electron chi connectivity index (χ0n) is 11.5. The van der Waals surface area contributed by atoms with Gasteiger partial charge in [0.1, 0.15) is 0 Å². The van der Waals surface area contributed by atoms with Gasteiger partial charge in [0.25, 0.3) is 10.2 Å². The van der Waals surface area contributed by atoms with Crippen LogP contribution in [0.1, 0.15) is 26.2 Å². The van der Waals surface area contributed by atoms with Crippen molar-refractivity contribution in [1.29, 1.82) is 0 Å². The third-order valence-electron chi connectivity index (χ3n) is 3.20. The van der Waals surface area contributed by atoms with E-state index in [1.807, 2.05) is 0 Å². The molecule has 0 unspecified atom stereocenters.